The smallest absolute Gasteiger partial charge is 0.408 e. The first-order valence-electron chi connectivity index (χ1n) is 6.72. The lowest BCUT2D eigenvalue weighted by Gasteiger charge is -2.17. The van der Waals surface area contributed by atoms with Gasteiger partial charge in [0.05, 0.1) is 5.52 Å². The van der Waals surface area contributed by atoms with E-state index in [0.717, 1.165) is 12.0 Å². The van der Waals surface area contributed by atoms with Gasteiger partial charge in [0.15, 0.2) is 5.58 Å². The summed E-state index contributed by atoms with van der Waals surface area (Å²) in [6.07, 6.45) is 1.24. The molecule has 0 unspecified atom stereocenters. The molecule has 1 aromatic heterocycles. The van der Waals surface area contributed by atoms with E-state index in [0.29, 0.717) is 24.1 Å². The molecule has 20 heavy (non-hydrogen) atoms. The van der Waals surface area contributed by atoms with Crippen LogP contribution in [0, 0.1) is 5.41 Å². The summed E-state index contributed by atoms with van der Waals surface area (Å²) < 4.78 is 4.94. The minimum absolute atomic E-state index is 0.000721. The molecule has 0 atom stereocenters. The molecule has 0 radical (unpaired) electrons. The van der Waals surface area contributed by atoms with Crippen LogP contribution in [0.4, 0.5) is 0 Å². The number of oxazole rings is 1. The fourth-order valence-electron chi connectivity index (χ4n) is 2.05. The standard InChI is InChI=1S/C15H20N2O3/c1-15(2,3)9-13(18)16-7-6-10-4-5-12-11(8-10)17-14(19)20-12/h4-5,8H,6-7,9H2,1-3H3,(H,16,18)(H,17,19). The average Bonchev–Trinajstić information content (AvgIpc) is 2.66. The summed E-state index contributed by atoms with van der Waals surface area (Å²) in [4.78, 5) is 25.4. The van der Waals surface area contributed by atoms with Crippen LogP contribution in [0.25, 0.3) is 11.1 Å². The number of amides is 1. The Bertz CT molecular complexity index is 662. The second-order valence-electron chi connectivity index (χ2n) is 6.18. The quantitative estimate of drug-likeness (QED) is 0.899. The zero-order valence-electron chi connectivity index (χ0n) is 12.1. The Labute approximate surface area is 117 Å². The van der Waals surface area contributed by atoms with E-state index in [9.17, 15) is 9.59 Å². The molecule has 1 aromatic carbocycles. The summed E-state index contributed by atoms with van der Waals surface area (Å²) >= 11 is 0. The summed E-state index contributed by atoms with van der Waals surface area (Å²) in [7, 11) is 0. The lowest BCUT2D eigenvalue weighted by Crippen LogP contribution is -2.29. The van der Waals surface area contributed by atoms with Crippen LogP contribution in [0.3, 0.4) is 0 Å². The zero-order valence-corrected chi connectivity index (χ0v) is 12.1. The van der Waals surface area contributed by atoms with Gasteiger partial charge in [-0.1, -0.05) is 26.8 Å². The van der Waals surface area contributed by atoms with E-state index < -0.39 is 5.76 Å². The molecule has 5 nitrogen and oxygen atoms in total. The number of hydrogen-bond acceptors (Lipinski definition) is 3. The van der Waals surface area contributed by atoms with Crippen molar-refractivity contribution in [3.63, 3.8) is 0 Å². The number of benzene rings is 1. The lowest BCUT2D eigenvalue weighted by atomic mass is 9.92. The van der Waals surface area contributed by atoms with Crippen molar-refractivity contribution in [2.45, 2.75) is 33.6 Å². The van der Waals surface area contributed by atoms with Crippen LogP contribution in [0.5, 0.6) is 0 Å². The van der Waals surface area contributed by atoms with Gasteiger partial charge in [-0.3, -0.25) is 9.78 Å². The highest BCUT2D eigenvalue weighted by Gasteiger charge is 2.15. The van der Waals surface area contributed by atoms with Crippen LogP contribution < -0.4 is 11.1 Å². The van der Waals surface area contributed by atoms with Crippen molar-refractivity contribution in [1.29, 1.82) is 0 Å². The van der Waals surface area contributed by atoms with Gasteiger partial charge in [0, 0.05) is 13.0 Å². The number of aromatic amines is 1. The molecule has 5 heteroatoms. The van der Waals surface area contributed by atoms with E-state index >= 15 is 0 Å². The van der Waals surface area contributed by atoms with Crippen molar-refractivity contribution in [2.75, 3.05) is 6.54 Å². The van der Waals surface area contributed by atoms with Crippen molar-refractivity contribution >= 4 is 17.0 Å². The Morgan fingerprint density at radius 3 is 2.80 bits per heavy atom. The first-order valence-corrected chi connectivity index (χ1v) is 6.72. The molecule has 0 aliphatic heterocycles. The molecular formula is C15H20N2O3. The SMILES string of the molecule is CC(C)(C)CC(=O)NCCc1ccc2oc(=O)[nH]c2c1. The summed E-state index contributed by atoms with van der Waals surface area (Å²) in [5, 5.41) is 2.91. The van der Waals surface area contributed by atoms with Crippen LogP contribution >= 0.6 is 0 Å². The predicted octanol–water partition coefficient (Wildman–Crippen LogP) is 2.22. The van der Waals surface area contributed by atoms with Gasteiger partial charge in [-0.25, -0.2) is 4.79 Å². The van der Waals surface area contributed by atoms with Gasteiger partial charge < -0.3 is 9.73 Å². The Morgan fingerprint density at radius 2 is 2.10 bits per heavy atom. The van der Waals surface area contributed by atoms with E-state index in [1.165, 1.54) is 0 Å². The van der Waals surface area contributed by atoms with E-state index in [-0.39, 0.29) is 11.3 Å². The van der Waals surface area contributed by atoms with E-state index in [1.807, 2.05) is 32.9 Å². The Morgan fingerprint density at radius 1 is 1.35 bits per heavy atom. The molecule has 0 saturated carbocycles. The number of hydrogen-bond donors (Lipinski definition) is 2. The van der Waals surface area contributed by atoms with Gasteiger partial charge in [0.1, 0.15) is 0 Å². The number of aromatic nitrogens is 1. The fraction of sp³-hybridized carbons (Fsp3) is 0.467. The third-order valence-electron chi connectivity index (χ3n) is 2.91. The van der Waals surface area contributed by atoms with Crippen LogP contribution in [-0.4, -0.2) is 17.4 Å². The van der Waals surface area contributed by atoms with Crippen molar-refractivity contribution in [1.82, 2.24) is 10.3 Å². The third-order valence-corrected chi connectivity index (χ3v) is 2.91. The number of carbonyl (C=O) groups is 1. The fourth-order valence-corrected chi connectivity index (χ4v) is 2.05. The van der Waals surface area contributed by atoms with Crippen LogP contribution in [0.1, 0.15) is 32.8 Å². The Hall–Kier alpha value is -2.04. The van der Waals surface area contributed by atoms with Gasteiger partial charge in [-0.2, -0.15) is 0 Å². The molecule has 2 rings (SSSR count). The van der Waals surface area contributed by atoms with Gasteiger partial charge in [0.25, 0.3) is 0 Å². The number of nitrogens with one attached hydrogen (secondary N) is 2. The first-order chi connectivity index (χ1) is 9.33. The molecule has 2 N–H and O–H groups in total. The van der Waals surface area contributed by atoms with Gasteiger partial charge in [0.2, 0.25) is 5.91 Å². The van der Waals surface area contributed by atoms with Gasteiger partial charge in [-0.15, -0.1) is 0 Å². The molecule has 0 bridgehead atoms. The zero-order chi connectivity index (χ0) is 14.8. The normalized spacial score (nSPS) is 11.8. The predicted molar refractivity (Wildman–Crippen MR) is 77.6 cm³/mol. The van der Waals surface area contributed by atoms with Crippen molar-refractivity contribution in [2.24, 2.45) is 5.41 Å². The lowest BCUT2D eigenvalue weighted by molar-refractivity contribution is -0.122. The van der Waals surface area contributed by atoms with E-state index in [4.69, 9.17) is 4.42 Å². The largest absolute Gasteiger partial charge is 0.417 e. The second-order valence-corrected chi connectivity index (χ2v) is 6.18. The van der Waals surface area contributed by atoms with E-state index in [2.05, 4.69) is 10.3 Å². The highest BCUT2D eigenvalue weighted by molar-refractivity contribution is 5.76. The summed E-state index contributed by atoms with van der Waals surface area (Å²) in [5.41, 5.74) is 2.29. The summed E-state index contributed by atoms with van der Waals surface area (Å²) in [6, 6.07) is 5.53. The molecule has 108 valence electrons. The first kappa shape index (κ1) is 14.4. The van der Waals surface area contributed by atoms with Crippen molar-refractivity contribution in [3.05, 3.63) is 34.3 Å². The number of rotatable bonds is 4. The molecule has 1 amide bonds. The minimum atomic E-state index is -0.448. The molecule has 0 saturated heterocycles. The molecular weight excluding hydrogens is 256 g/mol. The van der Waals surface area contributed by atoms with Crippen LogP contribution in [0.2, 0.25) is 0 Å². The highest BCUT2D eigenvalue weighted by atomic mass is 16.4. The minimum Gasteiger partial charge on any atom is -0.408 e. The topological polar surface area (TPSA) is 75.1 Å². The average molecular weight is 276 g/mol. The van der Waals surface area contributed by atoms with Crippen LogP contribution in [0.15, 0.2) is 27.4 Å². The monoisotopic (exact) mass is 276 g/mol. The maximum absolute atomic E-state index is 11.7. The summed E-state index contributed by atoms with van der Waals surface area (Å²) in [6.45, 7) is 6.70. The Kier molecular flexibility index (Phi) is 3.97. The molecule has 2 aromatic rings. The number of H-pyrrole nitrogens is 1. The van der Waals surface area contributed by atoms with Crippen LogP contribution in [-0.2, 0) is 11.2 Å². The third kappa shape index (κ3) is 3.98. The maximum atomic E-state index is 11.7. The van der Waals surface area contributed by atoms with E-state index in [1.54, 1.807) is 6.07 Å². The molecule has 0 spiro atoms. The second kappa shape index (κ2) is 5.53. The maximum Gasteiger partial charge on any atom is 0.417 e. The van der Waals surface area contributed by atoms with Gasteiger partial charge >= 0.3 is 5.76 Å². The molecule has 1 heterocycles. The number of fused-ring (bicyclic) bond motifs is 1. The molecule has 0 aliphatic rings. The number of carbonyl (C=O) groups excluding carboxylic acids is 1. The highest BCUT2D eigenvalue weighted by Crippen LogP contribution is 2.17. The molecule has 0 fully saturated rings. The van der Waals surface area contributed by atoms with Crippen molar-refractivity contribution < 1.29 is 9.21 Å². The summed E-state index contributed by atoms with van der Waals surface area (Å²) in [5.74, 6) is -0.383. The Balaban J connectivity index is 1.89. The van der Waals surface area contributed by atoms with Crippen molar-refractivity contribution in [3.8, 4) is 0 Å². The van der Waals surface area contributed by atoms with Gasteiger partial charge in [-0.05, 0) is 29.5 Å². The molecule has 0 aliphatic carbocycles.